The molecule has 0 N–H and O–H groups in total. The zero-order valence-corrected chi connectivity index (χ0v) is 12.2. The number of rotatable bonds is 6. The summed E-state index contributed by atoms with van der Waals surface area (Å²) >= 11 is 0. The standard InChI is InChI=1S/C16H19F4N/c1-3-10(2)9-21(20)16-12(7-6-11-4-5-11)8-13(17)14(18)15(16)19/h3,8,11H,4-7,9H2,1-2H3/b10-3-. The first-order valence-corrected chi connectivity index (χ1v) is 7.15. The summed E-state index contributed by atoms with van der Waals surface area (Å²) in [5.74, 6) is -3.80. The highest BCUT2D eigenvalue weighted by atomic mass is 19.2. The molecule has 116 valence electrons. The van der Waals surface area contributed by atoms with Crippen LogP contribution in [0.15, 0.2) is 17.7 Å². The second-order valence-corrected chi connectivity index (χ2v) is 5.63. The molecule has 0 bridgehead atoms. The summed E-state index contributed by atoms with van der Waals surface area (Å²) in [5, 5.41) is 0.162. The third-order valence-corrected chi connectivity index (χ3v) is 3.86. The highest BCUT2D eigenvalue weighted by Crippen LogP contribution is 2.36. The van der Waals surface area contributed by atoms with E-state index in [4.69, 9.17) is 0 Å². The molecule has 1 aliphatic rings. The van der Waals surface area contributed by atoms with Crippen LogP contribution in [-0.4, -0.2) is 6.54 Å². The lowest BCUT2D eigenvalue weighted by molar-refractivity contribution is 0.408. The summed E-state index contributed by atoms with van der Waals surface area (Å²) in [7, 11) is 0. The van der Waals surface area contributed by atoms with Crippen LogP contribution in [0.1, 0.15) is 38.7 Å². The lowest BCUT2D eigenvalue weighted by Gasteiger charge is -2.19. The summed E-state index contributed by atoms with van der Waals surface area (Å²) in [4.78, 5) is 0. The molecule has 5 heteroatoms. The predicted molar refractivity (Wildman–Crippen MR) is 75.2 cm³/mol. The molecule has 0 atom stereocenters. The largest absolute Gasteiger partial charge is 0.204 e. The minimum Gasteiger partial charge on any atom is -0.204 e. The highest BCUT2D eigenvalue weighted by Gasteiger charge is 2.26. The first-order valence-electron chi connectivity index (χ1n) is 7.15. The third kappa shape index (κ3) is 3.77. The van der Waals surface area contributed by atoms with Gasteiger partial charge in [0.15, 0.2) is 17.5 Å². The first-order chi connectivity index (χ1) is 9.93. The van der Waals surface area contributed by atoms with Gasteiger partial charge in [-0.3, -0.25) is 0 Å². The van der Waals surface area contributed by atoms with E-state index in [1.165, 1.54) is 0 Å². The average Bonchev–Trinajstić information content (AvgIpc) is 3.26. The summed E-state index contributed by atoms with van der Waals surface area (Å²) in [6, 6.07) is 0.910. The fourth-order valence-electron chi connectivity index (χ4n) is 2.24. The van der Waals surface area contributed by atoms with Gasteiger partial charge in [-0.15, -0.1) is 0 Å². The Morgan fingerprint density at radius 1 is 1.29 bits per heavy atom. The van der Waals surface area contributed by atoms with E-state index in [1.54, 1.807) is 19.9 Å². The number of halogens is 4. The number of benzene rings is 1. The maximum Gasteiger partial charge on any atom is 0.196 e. The van der Waals surface area contributed by atoms with Gasteiger partial charge >= 0.3 is 0 Å². The van der Waals surface area contributed by atoms with Crippen molar-refractivity contribution in [3.8, 4) is 0 Å². The van der Waals surface area contributed by atoms with E-state index in [2.05, 4.69) is 0 Å². The molecular formula is C16H19F4N. The molecule has 21 heavy (non-hydrogen) atoms. The van der Waals surface area contributed by atoms with Crippen molar-refractivity contribution < 1.29 is 17.7 Å². The van der Waals surface area contributed by atoms with Gasteiger partial charge < -0.3 is 0 Å². The van der Waals surface area contributed by atoms with E-state index in [0.717, 1.165) is 25.3 Å². The van der Waals surface area contributed by atoms with Crippen LogP contribution in [0.3, 0.4) is 0 Å². The molecule has 1 aromatic carbocycles. The maximum atomic E-state index is 14.2. The van der Waals surface area contributed by atoms with E-state index in [1.807, 2.05) is 0 Å². The average molecular weight is 301 g/mol. The van der Waals surface area contributed by atoms with Gasteiger partial charge in [-0.1, -0.05) is 29.0 Å². The van der Waals surface area contributed by atoms with Crippen LogP contribution in [0.4, 0.5) is 23.3 Å². The number of aryl methyl sites for hydroxylation is 1. The van der Waals surface area contributed by atoms with Gasteiger partial charge in [-0.05, 0) is 44.2 Å². The van der Waals surface area contributed by atoms with Crippen molar-refractivity contribution in [2.75, 3.05) is 11.7 Å². The molecule has 0 spiro atoms. The summed E-state index contributed by atoms with van der Waals surface area (Å²) < 4.78 is 54.9. The Bertz CT molecular complexity index is 550. The lowest BCUT2D eigenvalue weighted by atomic mass is 10.0. The number of hydrogen-bond acceptors (Lipinski definition) is 1. The van der Waals surface area contributed by atoms with E-state index in [9.17, 15) is 17.7 Å². The van der Waals surface area contributed by atoms with Crippen molar-refractivity contribution in [1.29, 1.82) is 0 Å². The predicted octanol–water partition coefficient (Wildman–Crippen LogP) is 5.10. The minimum atomic E-state index is -1.62. The molecule has 1 saturated carbocycles. The first kappa shape index (κ1) is 15.9. The second kappa shape index (κ2) is 6.50. The maximum absolute atomic E-state index is 14.2. The molecule has 0 unspecified atom stereocenters. The third-order valence-electron chi connectivity index (χ3n) is 3.86. The molecule has 0 aromatic heterocycles. The number of hydrogen-bond donors (Lipinski definition) is 0. The summed E-state index contributed by atoms with van der Waals surface area (Å²) in [6.45, 7) is 3.25. The fraction of sp³-hybridized carbons (Fsp3) is 0.500. The van der Waals surface area contributed by atoms with Crippen LogP contribution < -0.4 is 5.12 Å². The van der Waals surface area contributed by atoms with E-state index >= 15 is 0 Å². The zero-order chi connectivity index (χ0) is 15.6. The van der Waals surface area contributed by atoms with Crippen molar-refractivity contribution in [3.05, 3.63) is 40.7 Å². The van der Waals surface area contributed by atoms with Crippen LogP contribution in [-0.2, 0) is 6.42 Å². The molecule has 2 rings (SSSR count). The Labute approximate surface area is 122 Å². The molecule has 1 aromatic rings. The Morgan fingerprint density at radius 2 is 1.95 bits per heavy atom. The number of allylic oxidation sites excluding steroid dienone is 1. The van der Waals surface area contributed by atoms with Gasteiger partial charge in [0.2, 0.25) is 0 Å². The van der Waals surface area contributed by atoms with Gasteiger partial charge in [-0.25, -0.2) is 18.3 Å². The van der Waals surface area contributed by atoms with E-state index in [-0.39, 0.29) is 17.2 Å². The molecule has 0 heterocycles. The minimum absolute atomic E-state index is 0.162. The molecule has 0 saturated heterocycles. The smallest absolute Gasteiger partial charge is 0.196 e. The Kier molecular flexibility index (Phi) is 4.91. The van der Waals surface area contributed by atoms with Crippen LogP contribution in [0.25, 0.3) is 0 Å². The Hall–Kier alpha value is -1.52. The molecule has 1 aliphatic carbocycles. The topological polar surface area (TPSA) is 3.24 Å². The monoisotopic (exact) mass is 301 g/mol. The number of anilines is 1. The Morgan fingerprint density at radius 3 is 2.52 bits per heavy atom. The van der Waals surface area contributed by atoms with Gasteiger partial charge in [0.25, 0.3) is 0 Å². The molecule has 0 amide bonds. The molecule has 1 nitrogen and oxygen atoms in total. The number of nitrogens with zero attached hydrogens (tertiary/aromatic N) is 1. The summed E-state index contributed by atoms with van der Waals surface area (Å²) in [6.07, 6.45) is 4.97. The van der Waals surface area contributed by atoms with Gasteiger partial charge in [0.05, 0.1) is 6.54 Å². The summed E-state index contributed by atoms with van der Waals surface area (Å²) in [5.41, 5.74) is 0.384. The Balaban J connectivity index is 2.32. The quantitative estimate of drug-likeness (QED) is 0.306. The molecule has 1 fully saturated rings. The van der Waals surface area contributed by atoms with Crippen molar-refractivity contribution in [2.24, 2.45) is 5.92 Å². The second-order valence-electron chi connectivity index (χ2n) is 5.63. The van der Waals surface area contributed by atoms with Crippen molar-refractivity contribution in [1.82, 2.24) is 0 Å². The van der Waals surface area contributed by atoms with E-state index < -0.39 is 23.1 Å². The van der Waals surface area contributed by atoms with Crippen molar-refractivity contribution >= 4 is 5.69 Å². The molecule has 0 aliphatic heterocycles. The normalized spacial score (nSPS) is 15.4. The lowest BCUT2D eigenvalue weighted by Crippen LogP contribution is -2.19. The van der Waals surface area contributed by atoms with Crippen LogP contribution in [0, 0.1) is 23.4 Å². The van der Waals surface area contributed by atoms with Gasteiger partial charge in [-0.2, -0.15) is 0 Å². The van der Waals surface area contributed by atoms with Crippen molar-refractivity contribution in [2.45, 2.75) is 39.5 Å². The van der Waals surface area contributed by atoms with Crippen LogP contribution in [0.2, 0.25) is 0 Å². The SMILES string of the molecule is C/C=C(/C)CN(F)c1c(CCC2CC2)cc(F)c(F)c1F. The van der Waals surface area contributed by atoms with E-state index in [0.29, 0.717) is 17.9 Å². The fourth-order valence-corrected chi connectivity index (χ4v) is 2.24. The van der Waals surface area contributed by atoms with Crippen LogP contribution >= 0.6 is 0 Å². The molecular weight excluding hydrogens is 282 g/mol. The molecule has 0 radical (unpaired) electrons. The zero-order valence-electron chi connectivity index (χ0n) is 12.2. The van der Waals surface area contributed by atoms with Crippen LogP contribution in [0.5, 0.6) is 0 Å². The highest BCUT2D eigenvalue weighted by molar-refractivity contribution is 5.54. The van der Waals surface area contributed by atoms with Gasteiger partial charge in [0.1, 0.15) is 5.69 Å². The van der Waals surface area contributed by atoms with Crippen molar-refractivity contribution in [3.63, 3.8) is 0 Å². The van der Waals surface area contributed by atoms with Gasteiger partial charge in [0, 0.05) is 0 Å².